The average Bonchev–Trinajstić information content (AvgIpc) is 2.95. The van der Waals surface area contributed by atoms with E-state index in [1.165, 1.54) is 6.07 Å². The first-order valence-electron chi connectivity index (χ1n) is 5.94. The van der Waals surface area contributed by atoms with Crippen molar-refractivity contribution in [3.8, 4) is 0 Å². The second-order valence-corrected chi connectivity index (χ2v) is 5.59. The maximum absolute atomic E-state index is 11.4. The van der Waals surface area contributed by atoms with E-state index in [9.17, 15) is 20.0 Å². The Balaban J connectivity index is 2.42. The molecule has 1 saturated heterocycles. The molecular weight excluding hydrogens is 270 g/mol. The van der Waals surface area contributed by atoms with Gasteiger partial charge in [-0.25, -0.2) is 0 Å². The molecule has 104 valence electrons. The molecule has 1 fully saturated rings. The van der Waals surface area contributed by atoms with Crippen LogP contribution in [-0.2, 0) is 4.79 Å². The van der Waals surface area contributed by atoms with Gasteiger partial charge in [-0.15, -0.1) is 11.3 Å². The van der Waals surface area contributed by atoms with Crippen LogP contribution in [0.1, 0.15) is 30.7 Å². The van der Waals surface area contributed by atoms with Crippen molar-refractivity contribution in [1.29, 1.82) is 0 Å². The monoisotopic (exact) mass is 285 g/mol. The number of anilines is 1. The largest absolute Gasteiger partial charge is 0.388 e. The zero-order valence-corrected chi connectivity index (χ0v) is 11.2. The lowest BCUT2D eigenvalue weighted by Crippen LogP contribution is -2.40. The highest BCUT2D eigenvalue weighted by Gasteiger charge is 2.35. The minimum Gasteiger partial charge on any atom is -0.388 e. The van der Waals surface area contributed by atoms with Crippen molar-refractivity contribution in [3.63, 3.8) is 0 Å². The summed E-state index contributed by atoms with van der Waals surface area (Å²) in [5.74, 6) is -0.473. The second-order valence-electron chi connectivity index (χ2n) is 4.53. The summed E-state index contributed by atoms with van der Waals surface area (Å²) >= 11 is 1.14. The fourth-order valence-corrected chi connectivity index (χ4v) is 3.38. The Morgan fingerprint density at radius 1 is 1.74 bits per heavy atom. The zero-order valence-electron chi connectivity index (χ0n) is 10.4. The van der Waals surface area contributed by atoms with Gasteiger partial charge in [0.25, 0.3) is 0 Å². The van der Waals surface area contributed by atoms with E-state index in [0.717, 1.165) is 17.8 Å². The lowest BCUT2D eigenvalue weighted by molar-refractivity contribution is -0.383. The van der Waals surface area contributed by atoms with E-state index >= 15 is 0 Å². The fraction of sp³-hybridized carbons (Fsp3) is 0.545. The molecular formula is C11H15N3O4S. The van der Waals surface area contributed by atoms with Crippen LogP contribution in [0.4, 0.5) is 10.7 Å². The first kappa shape index (κ1) is 13.8. The van der Waals surface area contributed by atoms with Gasteiger partial charge < -0.3 is 15.7 Å². The average molecular weight is 285 g/mol. The van der Waals surface area contributed by atoms with Crippen LogP contribution in [0, 0.1) is 10.1 Å². The highest BCUT2D eigenvalue weighted by atomic mass is 32.1. The smallest absolute Gasteiger partial charge is 0.304 e. The molecule has 0 spiro atoms. The number of rotatable bonds is 4. The number of thiophene rings is 1. The number of carbonyl (C=O) groups is 1. The molecule has 1 aromatic heterocycles. The van der Waals surface area contributed by atoms with Crippen molar-refractivity contribution in [3.05, 3.63) is 21.1 Å². The van der Waals surface area contributed by atoms with Crippen molar-refractivity contribution >= 4 is 27.9 Å². The molecule has 19 heavy (non-hydrogen) atoms. The minimum atomic E-state index is -0.771. The Hall–Kier alpha value is -1.67. The van der Waals surface area contributed by atoms with Crippen LogP contribution < -0.4 is 10.6 Å². The van der Waals surface area contributed by atoms with E-state index in [1.54, 1.807) is 11.8 Å². The number of primary amides is 1. The summed E-state index contributed by atoms with van der Waals surface area (Å²) in [5.41, 5.74) is 5.25. The van der Waals surface area contributed by atoms with Crippen LogP contribution in [0.25, 0.3) is 0 Å². The Morgan fingerprint density at radius 2 is 2.42 bits per heavy atom. The maximum atomic E-state index is 11.4. The fourth-order valence-electron chi connectivity index (χ4n) is 2.24. The molecule has 0 bridgehead atoms. The SMILES string of the molecule is CC(O)c1cc([N+](=O)[O-])c(N2CCCC2C(N)=O)s1. The lowest BCUT2D eigenvalue weighted by atomic mass is 10.2. The van der Waals surface area contributed by atoms with Crippen LogP contribution in [0.15, 0.2) is 6.07 Å². The van der Waals surface area contributed by atoms with Crippen LogP contribution in [0.2, 0.25) is 0 Å². The van der Waals surface area contributed by atoms with E-state index < -0.39 is 23.0 Å². The summed E-state index contributed by atoms with van der Waals surface area (Å²) in [6, 6.07) is 0.861. The van der Waals surface area contributed by atoms with Gasteiger partial charge in [0.1, 0.15) is 6.04 Å². The number of aliphatic hydroxyl groups excluding tert-OH is 1. The van der Waals surface area contributed by atoms with Gasteiger partial charge in [-0.2, -0.15) is 0 Å². The molecule has 0 aromatic carbocycles. The van der Waals surface area contributed by atoms with Crippen molar-refractivity contribution < 1.29 is 14.8 Å². The Morgan fingerprint density at radius 3 is 2.95 bits per heavy atom. The van der Waals surface area contributed by atoms with Gasteiger partial charge in [-0.3, -0.25) is 14.9 Å². The number of carbonyl (C=O) groups excluding carboxylic acids is 1. The Labute approximate surface area is 113 Å². The highest BCUT2D eigenvalue weighted by Crippen LogP contribution is 2.42. The summed E-state index contributed by atoms with van der Waals surface area (Å²) in [6.07, 6.45) is 0.605. The van der Waals surface area contributed by atoms with Crippen LogP contribution in [0.3, 0.4) is 0 Å². The summed E-state index contributed by atoms with van der Waals surface area (Å²) in [6.45, 7) is 2.11. The standard InChI is InChI=1S/C11H15N3O4S/c1-6(15)9-5-8(14(17)18)11(19-9)13-4-2-3-7(13)10(12)16/h5-7,15H,2-4H2,1H3,(H2,12,16). The highest BCUT2D eigenvalue weighted by molar-refractivity contribution is 7.16. The Bertz CT molecular complexity index is 514. The molecule has 2 atom stereocenters. The normalized spacial score (nSPS) is 20.5. The van der Waals surface area contributed by atoms with Gasteiger partial charge in [0.05, 0.1) is 11.0 Å². The summed E-state index contributed by atoms with van der Waals surface area (Å²) in [4.78, 5) is 24.1. The maximum Gasteiger partial charge on any atom is 0.304 e. The van der Waals surface area contributed by atoms with Crippen molar-refractivity contribution in [2.75, 3.05) is 11.4 Å². The van der Waals surface area contributed by atoms with Gasteiger partial charge >= 0.3 is 5.69 Å². The molecule has 0 saturated carbocycles. The van der Waals surface area contributed by atoms with Gasteiger partial charge in [0.15, 0.2) is 5.00 Å². The predicted octanol–water partition coefficient (Wildman–Crippen LogP) is 1.16. The summed E-state index contributed by atoms with van der Waals surface area (Å²) in [5, 5.41) is 21.0. The first-order valence-corrected chi connectivity index (χ1v) is 6.75. The number of nitro groups is 1. The molecule has 2 rings (SSSR count). The van der Waals surface area contributed by atoms with Crippen LogP contribution in [-0.4, -0.2) is 28.5 Å². The van der Waals surface area contributed by atoms with E-state index in [1.807, 2.05) is 0 Å². The third-order valence-electron chi connectivity index (χ3n) is 3.16. The number of nitrogens with two attached hydrogens (primary N) is 1. The van der Waals surface area contributed by atoms with E-state index in [2.05, 4.69) is 0 Å². The number of hydrogen-bond acceptors (Lipinski definition) is 6. The lowest BCUT2D eigenvalue weighted by Gasteiger charge is -2.21. The van der Waals surface area contributed by atoms with Crippen molar-refractivity contribution in [1.82, 2.24) is 0 Å². The number of aliphatic hydroxyl groups is 1. The molecule has 1 aromatic rings. The molecule has 0 aliphatic carbocycles. The molecule has 8 heteroatoms. The third kappa shape index (κ3) is 2.54. The molecule has 0 radical (unpaired) electrons. The number of hydrogen-bond donors (Lipinski definition) is 2. The molecule has 2 heterocycles. The van der Waals surface area contributed by atoms with E-state index in [-0.39, 0.29) is 5.69 Å². The third-order valence-corrected chi connectivity index (χ3v) is 4.49. The molecule has 1 amide bonds. The van der Waals surface area contributed by atoms with Crippen LogP contribution in [0.5, 0.6) is 0 Å². The summed E-state index contributed by atoms with van der Waals surface area (Å²) in [7, 11) is 0. The topological polar surface area (TPSA) is 110 Å². The van der Waals surface area contributed by atoms with E-state index in [4.69, 9.17) is 5.73 Å². The van der Waals surface area contributed by atoms with Gasteiger partial charge in [-0.1, -0.05) is 0 Å². The number of amides is 1. The predicted molar refractivity (Wildman–Crippen MR) is 71.2 cm³/mol. The molecule has 7 nitrogen and oxygen atoms in total. The van der Waals surface area contributed by atoms with Crippen LogP contribution >= 0.6 is 11.3 Å². The van der Waals surface area contributed by atoms with Gasteiger partial charge in [0, 0.05) is 17.5 Å². The van der Waals surface area contributed by atoms with E-state index in [0.29, 0.717) is 22.8 Å². The van der Waals surface area contributed by atoms with Gasteiger partial charge in [0.2, 0.25) is 5.91 Å². The zero-order chi connectivity index (χ0) is 14.2. The van der Waals surface area contributed by atoms with Gasteiger partial charge in [-0.05, 0) is 19.8 Å². The second kappa shape index (κ2) is 5.14. The quantitative estimate of drug-likeness (QED) is 0.637. The minimum absolute atomic E-state index is 0.0750. The number of nitrogens with zero attached hydrogens (tertiary/aromatic N) is 2. The first-order chi connectivity index (χ1) is 8.91. The Kier molecular flexibility index (Phi) is 3.72. The molecule has 2 unspecified atom stereocenters. The molecule has 1 aliphatic heterocycles. The molecule has 1 aliphatic rings. The molecule has 3 N–H and O–H groups in total. The summed E-state index contributed by atoms with van der Waals surface area (Å²) < 4.78 is 0. The van der Waals surface area contributed by atoms with Crippen molar-refractivity contribution in [2.45, 2.75) is 31.9 Å². The van der Waals surface area contributed by atoms with Crippen molar-refractivity contribution in [2.24, 2.45) is 5.73 Å².